The van der Waals surface area contributed by atoms with Gasteiger partial charge in [-0.1, -0.05) is 26.0 Å². The molecule has 1 aromatic carbocycles. The number of alkyl halides is 3. The normalized spacial score (nSPS) is 13.6. The molecule has 0 aliphatic heterocycles. The van der Waals surface area contributed by atoms with Crippen LogP contribution < -0.4 is 10.5 Å². The van der Waals surface area contributed by atoms with E-state index in [2.05, 4.69) is 16.6 Å². The zero-order valence-electron chi connectivity index (χ0n) is 11.8. The monoisotopic (exact) mass is 290 g/mol. The Kier molecular flexibility index (Phi) is 6.29. The molecule has 2 N–H and O–H groups in total. The van der Waals surface area contributed by atoms with Gasteiger partial charge in [-0.3, -0.25) is 4.90 Å². The van der Waals surface area contributed by atoms with Gasteiger partial charge in [0.1, 0.15) is 5.75 Å². The van der Waals surface area contributed by atoms with Crippen LogP contribution in [0.2, 0.25) is 0 Å². The lowest BCUT2D eigenvalue weighted by Gasteiger charge is -2.30. The first kappa shape index (κ1) is 16.8. The lowest BCUT2D eigenvalue weighted by Crippen LogP contribution is -2.34. The quantitative estimate of drug-likeness (QED) is 0.837. The molecule has 6 heteroatoms. The molecule has 1 rings (SSSR count). The molecule has 1 unspecified atom stereocenters. The van der Waals surface area contributed by atoms with Crippen LogP contribution in [0.15, 0.2) is 24.3 Å². The summed E-state index contributed by atoms with van der Waals surface area (Å²) in [6.45, 7) is 6.06. The number of rotatable bonds is 7. The van der Waals surface area contributed by atoms with Crippen molar-refractivity contribution >= 4 is 0 Å². The largest absolute Gasteiger partial charge is 0.573 e. The Morgan fingerprint density at radius 1 is 1.30 bits per heavy atom. The summed E-state index contributed by atoms with van der Waals surface area (Å²) in [6.07, 6.45) is -3.71. The van der Waals surface area contributed by atoms with Gasteiger partial charge in [0, 0.05) is 12.6 Å². The molecule has 20 heavy (non-hydrogen) atoms. The van der Waals surface area contributed by atoms with Crippen LogP contribution in [0.4, 0.5) is 13.2 Å². The number of benzene rings is 1. The van der Waals surface area contributed by atoms with Gasteiger partial charge in [-0.15, -0.1) is 13.2 Å². The highest BCUT2D eigenvalue weighted by Crippen LogP contribution is 2.27. The van der Waals surface area contributed by atoms with Crippen molar-refractivity contribution in [2.45, 2.75) is 32.7 Å². The molecule has 114 valence electrons. The molecule has 1 aromatic rings. The topological polar surface area (TPSA) is 38.5 Å². The maximum Gasteiger partial charge on any atom is 0.573 e. The van der Waals surface area contributed by atoms with E-state index in [-0.39, 0.29) is 11.8 Å². The van der Waals surface area contributed by atoms with E-state index in [1.807, 2.05) is 6.92 Å². The van der Waals surface area contributed by atoms with Gasteiger partial charge in [-0.25, -0.2) is 0 Å². The number of hydrogen-bond acceptors (Lipinski definition) is 3. The van der Waals surface area contributed by atoms with E-state index in [0.717, 1.165) is 25.1 Å². The maximum atomic E-state index is 12.2. The van der Waals surface area contributed by atoms with E-state index in [1.54, 1.807) is 12.1 Å². The second-order valence-corrected chi connectivity index (χ2v) is 4.50. The second-order valence-electron chi connectivity index (χ2n) is 4.50. The van der Waals surface area contributed by atoms with E-state index in [1.165, 1.54) is 12.1 Å². The first-order chi connectivity index (χ1) is 9.41. The number of likely N-dealkylation sites (N-methyl/N-ethyl adjacent to an activating group) is 1. The summed E-state index contributed by atoms with van der Waals surface area (Å²) in [5.74, 6) is -0.207. The molecule has 0 fully saturated rings. The fourth-order valence-electron chi connectivity index (χ4n) is 2.24. The van der Waals surface area contributed by atoms with Crippen LogP contribution in [0.25, 0.3) is 0 Å². The molecule has 0 aliphatic carbocycles. The first-order valence-electron chi connectivity index (χ1n) is 6.71. The van der Waals surface area contributed by atoms with Crippen LogP contribution in [0.3, 0.4) is 0 Å². The molecule has 0 aliphatic rings. The van der Waals surface area contributed by atoms with E-state index in [9.17, 15) is 13.2 Å². The summed E-state index contributed by atoms with van der Waals surface area (Å²) < 4.78 is 40.7. The molecule has 0 radical (unpaired) electrons. The number of halogens is 3. The highest BCUT2D eigenvalue weighted by atomic mass is 19.4. The molecule has 0 saturated carbocycles. The molecule has 0 spiro atoms. The van der Waals surface area contributed by atoms with Crippen LogP contribution in [0.5, 0.6) is 5.75 Å². The van der Waals surface area contributed by atoms with Crippen LogP contribution in [-0.2, 0) is 0 Å². The summed E-state index contributed by atoms with van der Waals surface area (Å²) in [4.78, 5) is 2.15. The third-order valence-corrected chi connectivity index (χ3v) is 3.06. The lowest BCUT2D eigenvalue weighted by molar-refractivity contribution is -0.274. The van der Waals surface area contributed by atoms with Gasteiger partial charge in [-0.2, -0.15) is 0 Å². The average molecular weight is 290 g/mol. The molecule has 1 atom stereocenters. The van der Waals surface area contributed by atoms with E-state index in [0.29, 0.717) is 6.54 Å². The standard InChI is InChI=1S/C14H21F3N2O/c1-3-8-19(4-2)13(10-18)11-6-5-7-12(9-11)20-14(15,16)17/h5-7,9,13H,3-4,8,10,18H2,1-2H3. The van der Waals surface area contributed by atoms with E-state index >= 15 is 0 Å². The van der Waals surface area contributed by atoms with Crippen LogP contribution in [0, 0.1) is 0 Å². The Labute approximate surface area is 117 Å². The molecule has 0 bridgehead atoms. The van der Waals surface area contributed by atoms with Crippen molar-refractivity contribution in [2.75, 3.05) is 19.6 Å². The number of ether oxygens (including phenoxy) is 1. The fraction of sp³-hybridized carbons (Fsp3) is 0.571. The fourth-order valence-corrected chi connectivity index (χ4v) is 2.24. The smallest absolute Gasteiger partial charge is 0.406 e. The summed E-state index contributed by atoms with van der Waals surface area (Å²) in [7, 11) is 0. The molecule has 3 nitrogen and oxygen atoms in total. The van der Waals surface area contributed by atoms with Crippen LogP contribution in [0.1, 0.15) is 31.9 Å². The SMILES string of the molecule is CCCN(CC)C(CN)c1cccc(OC(F)(F)F)c1. The summed E-state index contributed by atoms with van der Waals surface area (Å²) >= 11 is 0. The van der Waals surface area contributed by atoms with Crippen molar-refractivity contribution in [3.63, 3.8) is 0 Å². The van der Waals surface area contributed by atoms with Crippen molar-refractivity contribution < 1.29 is 17.9 Å². The van der Waals surface area contributed by atoms with Gasteiger partial charge in [0.05, 0.1) is 0 Å². The molecular formula is C14H21F3N2O. The predicted molar refractivity (Wildman–Crippen MR) is 72.5 cm³/mol. The third kappa shape index (κ3) is 5.02. The van der Waals surface area contributed by atoms with Gasteiger partial charge >= 0.3 is 6.36 Å². The van der Waals surface area contributed by atoms with Crippen molar-refractivity contribution in [1.82, 2.24) is 4.90 Å². The maximum absolute atomic E-state index is 12.2. The Bertz CT molecular complexity index is 410. The first-order valence-corrected chi connectivity index (χ1v) is 6.71. The second kappa shape index (κ2) is 7.50. The van der Waals surface area contributed by atoms with Gasteiger partial charge in [0.2, 0.25) is 0 Å². The van der Waals surface area contributed by atoms with Crippen molar-refractivity contribution in [2.24, 2.45) is 5.73 Å². The number of nitrogens with zero attached hydrogens (tertiary/aromatic N) is 1. The Balaban J connectivity index is 2.95. The van der Waals surface area contributed by atoms with Crippen molar-refractivity contribution in [3.8, 4) is 5.75 Å². The van der Waals surface area contributed by atoms with E-state index < -0.39 is 6.36 Å². The Morgan fingerprint density at radius 3 is 2.50 bits per heavy atom. The van der Waals surface area contributed by atoms with Crippen LogP contribution >= 0.6 is 0 Å². The van der Waals surface area contributed by atoms with E-state index in [4.69, 9.17) is 5.73 Å². The van der Waals surface area contributed by atoms with Gasteiger partial charge in [0.25, 0.3) is 0 Å². The highest BCUT2D eigenvalue weighted by Gasteiger charge is 2.31. The third-order valence-electron chi connectivity index (χ3n) is 3.06. The molecule has 0 heterocycles. The minimum absolute atomic E-state index is 0.100. The summed E-state index contributed by atoms with van der Waals surface area (Å²) in [5, 5.41) is 0. The molecular weight excluding hydrogens is 269 g/mol. The summed E-state index contributed by atoms with van der Waals surface area (Å²) in [6, 6.07) is 5.93. The predicted octanol–water partition coefficient (Wildman–Crippen LogP) is 3.32. The Morgan fingerprint density at radius 2 is 2.00 bits per heavy atom. The lowest BCUT2D eigenvalue weighted by atomic mass is 10.0. The van der Waals surface area contributed by atoms with Gasteiger partial charge < -0.3 is 10.5 Å². The average Bonchev–Trinajstić information content (AvgIpc) is 2.37. The number of hydrogen-bond donors (Lipinski definition) is 1. The highest BCUT2D eigenvalue weighted by molar-refractivity contribution is 5.31. The summed E-state index contributed by atoms with van der Waals surface area (Å²) in [5.41, 5.74) is 6.52. The minimum Gasteiger partial charge on any atom is -0.406 e. The molecule has 0 aromatic heterocycles. The van der Waals surface area contributed by atoms with Crippen molar-refractivity contribution in [3.05, 3.63) is 29.8 Å². The molecule has 0 saturated heterocycles. The van der Waals surface area contributed by atoms with Crippen molar-refractivity contribution in [1.29, 1.82) is 0 Å². The number of nitrogens with two attached hydrogens (primary N) is 1. The minimum atomic E-state index is -4.68. The van der Waals surface area contributed by atoms with Crippen LogP contribution in [-0.4, -0.2) is 30.9 Å². The van der Waals surface area contributed by atoms with Gasteiger partial charge in [0.15, 0.2) is 0 Å². The Hall–Kier alpha value is -1.27. The molecule has 0 amide bonds. The zero-order valence-corrected chi connectivity index (χ0v) is 11.8. The zero-order chi connectivity index (χ0) is 15.2. The van der Waals surface area contributed by atoms with Gasteiger partial charge in [-0.05, 0) is 37.2 Å².